The molecule has 7 heteroatoms. The summed E-state index contributed by atoms with van der Waals surface area (Å²) in [6.45, 7) is 18.3. The van der Waals surface area contributed by atoms with Crippen molar-refractivity contribution in [1.82, 2.24) is 0 Å². The summed E-state index contributed by atoms with van der Waals surface area (Å²) in [4.78, 5) is 12.2. The van der Waals surface area contributed by atoms with E-state index in [-0.39, 0.29) is 30.0 Å². The summed E-state index contributed by atoms with van der Waals surface area (Å²) in [5, 5.41) is 11.4. The average molecular weight is 639 g/mol. The van der Waals surface area contributed by atoms with Crippen molar-refractivity contribution in [3.63, 3.8) is 0 Å². The minimum Gasteiger partial charge on any atom is -0.507 e. The fourth-order valence-corrected chi connectivity index (χ4v) is 9.25. The molecule has 10 atom stereocenters. The molecule has 1 spiro atoms. The van der Waals surface area contributed by atoms with Crippen LogP contribution in [0.25, 0.3) is 0 Å². The third-order valence-electron chi connectivity index (χ3n) is 11.9. The van der Waals surface area contributed by atoms with Crippen LogP contribution in [0.15, 0.2) is 35.9 Å². The Morgan fingerprint density at radius 2 is 1.87 bits per heavy atom. The van der Waals surface area contributed by atoms with Gasteiger partial charge < -0.3 is 24.1 Å². The summed E-state index contributed by atoms with van der Waals surface area (Å²) in [7, 11) is 0. The van der Waals surface area contributed by atoms with Crippen molar-refractivity contribution in [3.8, 4) is 11.5 Å². The lowest BCUT2D eigenvalue weighted by atomic mass is 9.58. The second kappa shape index (κ2) is 13.9. The van der Waals surface area contributed by atoms with Crippen LogP contribution in [0.5, 0.6) is 11.5 Å². The van der Waals surface area contributed by atoms with Crippen molar-refractivity contribution in [2.45, 2.75) is 142 Å². The van der Waals surface area contributed by atoms with E-state index >= 15 is 0 Å². The summed E-state index contributed by atoms with van der Waals surface area (Å²) in [5.41, 5.74) is 3.94. The molecule has 1 N–H and O–H groups in total. The number of benzene rings is 1. The predicted octanol–water partition coefficient (Wildman–Crippen LogP) is 9.13. The Kier molecular flexibility index (Phi) is 10.3. The molecular formula is C39H58O7. The van der Waals surface area contributed by atoms with Gasteiger partial charge in [0.25, 0.3) is 0 Å². The van der Waals surface area contributed by atoms with Crippen LogP contribution in [-0.2, 0) is 30.4 Å². The molecule has 2 aliphatic carbocycles. The van der Waals surface area contributed by atoms with E-state index in [1.165, 1.54) is 18.4 Å². The third kappa shape index (κ3) is 6.44. The standard InChI is InChI=1S/C39H58O7/c1-8-9-10-12-28-22-33(40)35(30-21-25(4)13-15-29(30)24(2)3)34(23-28)41-19-11-20-42-36-27(6)32-16-14-26(5)31-17-18-38(7)44-37(43-36)39(31,32)46-45-38/h21-23,26-27,29-32,36-37,40H,2,8-20H2,1,3-7H3/t26-,27-,29+,30-,31+,32+,36+,37-,38+,39-/m1/s1. The number of aryl methyl sites for hydroxylation is 1. The monoisotopic (exact) mass is 638 g/mol. The molecular weight excluding hydrogens is 580 g/mol. The van der Waals surface area contributed by atoms with E-state index in [0.29, 0.717) is 37.2 Å². The zero-order chi connectivity index (χ0) is 32.6. The van der Waals surface area contributed by atoms with Crippen LogP contribution in [-0.4, -0.2) is 42.3 Å². The predicted molar refractivity (Wildman–Crippen MR) is 178 cm³/mol. The van der Waals surface area contributed by atoms with Crippen LogP contribution >= 0.6 is 0 Å². The van der Waals surface area contributed by atoms with Gasteiger partial charge in [-0.05, 0) is 101 Å². The first-order valence-electron chi connectivity index (χ1n) is 18.2. The van der Waals surface area contributed by atoms with E-state index in [1.807, 2.05) is 13.0 Å². The second-order valence-electron chi connectivity index (χ2n) is 15.4. The molecule has 2 bridgehead atoms. The van der Waals surface area contributed by atoms with E-state index in [0.717, 1.165) is 73.8 Å². The molecule has 1 aromatic carbocycles. The number of hydrogen-bond donors (Lipinski definition) is 1. The van der Waals surface area contributed by atoms with Crippen LogP contribution in [0.1, 0.15) is 123 Å². The summed E-state index contributed by atoms with van der Waals surface area (Å²) >= 11 is 0. The van der Waals surface area contributed by atoms with Gasteiger partial charge in [-0.3, -0.25) is 0 Å². The van der Waals surface area contributed by atoms with E-state index in [9.17, 15) is 5.11 Å². The van der Waals surface area contributed by atoms with Crippen molar-refractivity contribution >= 4 is 0 Å². The van der Waals surface area contributed by atoms with Crippen LogP contribution in [0.3, 0.4) is 0 Å². The van der Waals surface area contributed by atoms with Crippen LogP contribution < -0.4 is 4.74 Å². The molecule has 7 nitrogen and oxygen atoms in total. The summed E-state index contributed by atoms with van der Waals surface area (Å²) < 4.78 is 26.1. The number of fused-ring (bicyclic) bond motifs is 2. The van der Waals surface area contributed by atoms with Crippen LogP contribution in [0, 0.1) is 29.6 Å². The SMILES string of the molecule is C=C(C)[C@@H]1CCC(C)=C[C@H]1c1c(O)cc(CCCCC)cc1OCCCO[C@H]1O[C@@H]2O[C@]3(C)CC[C@H]4[C@H](C)CC[C@@H]([C@H]1C)[C@@]24OO3. The van der Waals surface area contributed by atoms with Gasteiger partial charge in [0.15, 0.2) is 18.2 Å². The Morgan fingerprint density at radius 1 is 1.04 bits per heavy atom. The molecule has 4 aliphatic heterocycles. The maximum atomic E-state index is 11.4. The first kappa shape index (κ1) is 34.0. The van der Waals surface area contributed by atoms with Gasteiger partial charge in [-0.15, -0.1) is 0 Å². The highest BCUT2D eigenvalue weighted by Gasteiger charge is 2.69. The molecule has 46 heavy (non-hydrogen) atoms. The number of ether oxygens (including phenoxy) is 4. The van der Waals surface area contributed by atoms with Crippen LogP contribution in [0.2, 0.25) is 0 Å². The molecule has 0 unspecified atom stereocenters. The normalized spacial score (nSPS) is 38.5. The highest BCUT2D eigenvalue weighted by molar-refractivity contribution is 5.52. The van der Waals surface area contributed by atoms with E-state index < -0.39 is 17.7 Å². The lowest BCUT2D eigenvalue weighted by molar-refractivity contribution is -0.577. The number of rotatable bonds is 12. The van der Waals surface area contributed by atoms with Crippen molar-refractivity contribution in [3.05, 3.63) is 47.1 Å². The zero-order valence-corrected chi connectivity index (χ0v) is 29.1. The molecule has 1 saturated carbocycles. The lowest BCUT2D eigenvalue weighted by Gasteiger charge is -2.60. The molecule has 1 aromatic rings. The highest BCUT2D eigenvalue weighted by Crippen LogP contribution is 2.60. The molecule has 256 valence electrons. The summed E-state index contributed by atoms with van der Waals surface area (Å²) in [5.74, 6) is 1.91. The fourth-order valence-electron chi connectivity index (χ4n) is 9.25. The Hall–Kier alpha value is -1.90. The molecule has 7 rings (SSSR count). The molecule has 6 aliphatic rings. The summed E-state index contributed by atoms with van der Waals surface area (Å²) in [6.07, 6.45) is 12.6. The molecule has 0 amide bonds. The van der Waals surface area contributed by atoms with Crippen LogP contribution in [0.4, 0.5) is 0 Å². The summed E-state index contributed by atoms with van der Waals surface area (Å²) in [6, 6.07) is 4.11. The van der Waals surface area contributed by atoms with Gasteiger partial charge >= 0.3 is 0 Å². The number of phenolic OH excluding ortho intramolecular Hbond substituents is 1. The highest BCUT2D eigenvalue weighted by atomic mass is 17.3. The second-order valence-corrected chi connectivity index (χ2v) is 15.4. The minimum absolute atomic E-state index is 0.0519. The largest absolute Gasteiger partial charge is 0.507 e. The number of hydrogen-bond acceptors (Lipinski definition) is 7. The van der Waals surface area contributed by atoms with Gasteiger partial charge in [-0.2, -0.15) is 0 Å². The van der Waals surface area contributed by atoms with E-state index in [4.69, 9.17) is 28.7 Å². The maximum absolute atomic E-state index is 11.4. The molecule has 4 heterocycles. The topological polar surface area (TPSA) is 75.6 Å². The van der Waals surface area contributed by atoms with Gasteiger partial charge in [0.05, 0.1) is 13.2 Å². The minimum atomic E-state index is -0.792. The van der Waals surface area contributed by atoms with Crippen molar-refractivity contribution in [2.75, 3.05) is 13.2 Å². The first-order chi connectivity index (χ1) is 22.1. The first-order valence-corrected chi connectivity index (χ1v) is 18.2. The van der Waals surface area contributed by atoms with Crippen molar-refractivity contribution in [2.24, 2.45) is 29.6 Å². The van der Waals surface area contributed by atoms with Gasteiger partial charge in [0, 0.05) is 36.2 Å². The maximum Gasteiger partial charge on any atom is 0.201 e. The molecule has 5 fully saturated rings. The van der Waals surface area contributed by atoms with Gasteiger partial charge in [0.1, 0.15) is 11.5 Å². The number of aromatic hydroxyl groups is 1. The van der Waals surface area contributed by atoms with Gasteiger partial charge in [-0.25, -0.2) is 9.78 Å². The number of allylic oxidation sites excluding steroid dienone is 3. The average Bonchev–Trinajstić information content (AvgIpc) is 3.24. The number of phenols is 1. The lowest BCUT2D eigenvalue weighted by Crippen LogP contribution is -2.70. The van der Waals surface area contributed by atoms with Crippen molar-refractivity contribution < 1.29 is 33.8 Å². The van der Waals surface area contributed by atoms with E-state index in [2.05, 4.69) is 53.3 Å². The fraction of sp³-hybridized carbons (Fsp3) is 0.744. The number of unbranched alkanes of at least 4 members (excludes halogenated alkanes) is 2. The van der Waals surface area contributed by atoms with Crippen molar-refractivity contribution in [1.29, 1.82) is 0 Å². The third-order valence-corrected chi connectivity index (χ3v) is 11.9. The molecule has 0 aromatic heterocycles. The molecule has 4 saturated heterocycles. The quantitative estimate of drug-likeness (QED) is 0.139. The van der Waals surface area contributed by atoms with Gasteiger partial charge in [0.2, 0.25) is 5.79 Å². The Labute approximate surface area is 276 Å². The Morgan fingerprint density at radius 3 is 2.65 bits per heavy atom. The van der Waals surface area contributed by atoms with E-state index in [1.54, 1.807) is 0 Å². The molecule has 0 radical (unpaired) electrons. The zero-order valence-electron chi connectivity index (χ0n) is 29.1. The Balaban J connectivity index is 1.13. The smallest absolute Gasteiger partial charge is 0.201 e. The van der Waals surface area contributed by atoms with Gasteiger partial charge in [-0.1, -0.05) is 57.4 Å². The Bertz CT molecular complexity index is 1280.